The van der Waals surface area contributed by atoms with E-state index in [-0.39, 0.29) is 49.1 Å². The molecule has 11 heteroatoms. The van der Waals surface area contributed by atoms with Crippen LogP contribution in [-0.2, 0) is 11.4 Å². The number of benzene rings is 4. The van der Waals surface area contributed by atoms with E-state index in [0.717, 1.165) is 5.56 Å². The Morgan fingerprint density at radius 3 is 2.06 bits per heavy atom. The number of rotatable bonds is 14. The molecule has 260 valence electrons. The summed E-state index contributed by atoms with van der Waals surface area (Å²) < 4.78 is 36.1. The SMILES string of the molecule is CC(C)n1c(/C=C/[C@@H](O)C[C@@H](O)CC(=O)O)c(-c2ccc(F)cc2)c(-c2ccc(F)cc2)c1C(=O)Nc1cccc(OCc2ccccc2)c1.[H-].[Na+]. The zero-order chi connectivity index (χ0) is 35.8. The van der Waals surface area contributed by atoms with Gasteiger partial charge in [0.1, 0.15) is 29.7 Å². The van der Waals surface area contributed by atoms with Crippen molar-refractivity contribution < 1.29 is 69.4 Å². The first kappa shape index (κ1) is 39.2. The van der Waals surface area contributed by atoms with E-state index < -0.39 is 42.1 Å². The molecule has 0 radical (unpaired) electrons. The summed E-state index contributed by atoms with van der Waals surface area (Å²) in [6, 6.07) is 27.7. The number of ether oxygens (including phenoxy) is 1. The van der Waals surface area contributed by atoms with E-state index in [1.54, 1.807) is 59.2 Å². The van der Waals surface area contributed by atoms with E-state index in [2.05, 4.69) is 5.32 Å². The van der Waals surface area contributed by atoms with Crippen LogP contribution in [0.25, 0.3) is 28.3 Å². The van der Waals surface area contributed by atoms with Gasteiger partial charge in [-0.1, -0.05) is 66.7 Å². The number of carbonyl (C=O) groups excluding carboxylic acids is 1. The summed E-state index contributed by atoms with van der Waals surface area (Å²) in [5, 5.41) is 32.9. The number of aromatic nitrogens is 1. The Balaban J connectivity index is 0.00000364. The predicted molar refractivity (Wildman–Crippen MR) is 190 cm³/mol. The number of hydrogen-bond acceptors (Lipinski definition) is 5. The molecule has 0 fully saturated rings. The number of aliphatic carboxylic acids is 1. The fourth-order valence-electron chi connectivity index (χ4n) is 5.78. The monoisotopic (exact) mass is 704 g/mol. The second-order valence-corrected chi connectivity index (χ2v) is 12.1. The number of carbonyl (C=O) groups is 2. The molecular weight excluding hydrogens is 665 g/mol. The van der Waals surface area contributed by atoms with Crippen LogP contribution in [0.2, 0.25) is 0 Å². The molecule has 0 aliphatic heterocycles. The molecule has 5 rings (SSSR count). The van der Waals surface area contributed by atoms with Crippen LogP contribution in [-0.4, -0.2) is 44.0 Å². The van der Waals surface area contributed by atoms with Gasteiger partial charge in [0.05, 0.1) is 18.6 Å². The first-order valence-corrected chi connectivity index (χ1v) is 16.1. The Labute approximate surface area is 318 Å². The summed E-state index contributed by atoms with van der Waals surface area (Å²) in [5.74, 6) is -2.08. The Morgan fingerprint density at radius 2 is 1.47 bits per heavy atom. The summed E-state index contributed by atoms with van der Waals surface area (Å²) in [4.78, 5) is 25.5. The molecule has 0 saturated carbocycles. The fraction of sp³-hybridized carbons (Fsp3) is 0.200. The summed E-state index contributed by atoms with van der Waals surface area (Å²) in [7, 11) is 0. The molecule has 5 aromatic rings. The number of anilines is 1. The number of carboxylic acid groups (broad SMARTS) is 1. The molecule has 1 amide bonds. The van der Waals surface area contributed by atoms with Crippen molar-refractivity contribution in [3.8, 4) is 28.0 Å². The molecule has 0 bridgehead atoms. The Bertz CT molecular complexity index is 1970. The maximum atomic E-state index is 14.5. The summed E-state index contributed by atoms with van der Waals surface area (Å²) in [6.07, 6.45) is -0.284. The van der Waals surface area contributed by atoms with Gasteiger partial charge in [-0.05, 0) is 73.0 Å². The maximum absolute atomic E-state index is 14.5. The minimum atomic E-state index is -1.29. The summed E-state index contributed by atoms with van der Waals surface area (Å²) in [6.45, 7) is 4.09. The van der Waals surface area contributed by atoms with Gasteiger partial charge in [-0.15, -0.1) is 0 Å². The minimum absolute atomic E-state index is 0. The van der Waals surface area contributed by atoms with Gasteiger partial charge in [-0.25, -0.2) is 8.78 Å². The van der Waals surface area contributed by atoms with Crippen LogP contribution in [0.4, 0.5) is 14.5 Å². The van der Waals surface area contributed by atoms with Crippen molar-refractivity contribution in [2.24, 2.45) is 0 Å². The van der Waals surface area contributed by atoms with Crippen molar-refractivity contribution in [2.75, 3.05) is 5.32 Å². The molecule has 8 nitrogen and oxygen atoms in total. The van der Waals surface area contributed by atoms with Crippen LogP contribution in [0, 0.1) is 11.6 Å². The van der Waals surface area contributed by atoms with Crippen LogP contribution in [0.5, 0.6) is 5.75 Å². The standard InChI is InChI=1S/C40H38F2N2O6.Na.H/c1-25(2)44-35(20-19-32(45)22-33(46)23-36(47)48)37(27-11-15-29(41)16-12-27)38(28-13-17-30(42)18-14-28)39(44)40(49)43-31-9-6-10-34(21-31)50-24-26-7-4-3-5-8-26;;/h3-21,25,32-33,45-46H,22-24H2,1-2H3,(H,43,49)(H,47,48);;/q;+1;-1/b20-19+;;/t32-,33-;;/m1../s1. The smallest absolute Gasteiger partial charge is 1.00 e. The molecule has 4 aromatic carbocycles. The van der Waals surface area contributed by atoms with Gasteiger partial charge in [0.25, 0.3) is 5.91 Å². The van der Waals surface area contributed by atoms with E-state index in [4.69, 9.17) is 9.84 Å². The molecule has 2 atom stereocenters. The molecule has 0 aliphatic carbocycles. The summed E-state index contributed by atoms with van der Waals surface area (Å²) >= 11 is 0. The van der Waals surface area contributed by atoms with Crippen molar-refractivity contribution in [3.05, 3.63) is 138 Å². The minimum Gasteiger partial charge on any atom is -1.00 e. The first-order chi connectivity index (χ1) is 24.0. The molecule has 0 spiro atoms. The summed E-state index contributed by atoms with van der Waals surface area (Å²) in [5.41, 5.74) is 4.17. The van der Waals surface area contributed by atoms with Gasteiger partial charge in [0.2, 0.25) is 0 Å². The van der Waals surface area contributed by atoms with Gasteiger partial charge in [-0.2, -0.15) is 0 Å². The number of halogens is 2. The van der Waals surface area contributed by atoms with Crippen LogP contribution in [0.3, 0.4) is 0 Å². The molecule has 0 aliphatic rings. The number of hydrogen-bond donors (Lipinski definition) is 4. The number of carboxylic acids is 1. The van der Waals surface area contributed by atoms with Crippen molar-refractivity contribution in [1.29, 1.82) is 0 Å². The van der Waals surface area contributed by atoms with E-state index in [1.807, 2.05) is 44.2 Å². The quantitative estimate of drug-likeness (QED) is 0.118. The van der Waals surface area contributed by atoms with Crippen molar-refractivity contribution in [2.45, 2.75) is 51.5 Å². The van der Waals surface area contributed by atoms with E-state index in [1.165, 1.54) is 30.3 Å². The Hall–Kier alpha value is -4.58. The third-order valence-corrected chi connectivity index (χ3v) is 7.98. The third-order valence-electron chi connectivity index (χ3n) is 7.98. The fourth-order valence-corrected chi connectivity index (χ4v) is 5.78. The van der Waals surface area contributed by atoms with Crippen molar-refractivity contribution in [1.82, 2.24) is 4.57 Å². The average Bonchev–Trinajstić information content (AvgIpc) is 3.43. The second-order valence-electron chi connectivity index (χ2n) is 12.1. The molecule has 51 heavy (non-hydrogen) atoms. The van der Waals surface area contributed by atoms with Gasteiger partial charge in [0.15, 0.2) is 0 Å². The van der Waals surface area contributed by atoms with Gasteiger partial charge < -0.3 is 31.4 Å². The molecular formula is C40H39F2N2NaO6. The largest absolute Gasteiger partial charge is 1.00 e. The second kappa shape index (κ2) is 18.1. The van der Waals surface area contributed by atoms with Gasteiger partial charge >= 0.3 is 35.5 Å². The number of nitrogens with one attached hydrogen (secondary N) is 1. The maximum Gasteiger partial charge on any atom is 1.00 e. The van der Waals surface area contributed by atoms with Crippen LogP contribution >= 0.6 is 0 Å². The normalized spacial score (nSPS) is 12.4. The number of aliphatic hydroxyl groups excluding tert-OH is 2. The number of nitrogens with zero attached hydrogens (tertiary/aromatic N) is 1. The average molecular weight is 705 g/mol. The molecule has 1 heterocycles. The molecule has 0 unspecified atom stereocenters. The topological polar surface area (TPSA) is 121 Å². The molecule has 1 aromatic heterocycles. The zero-order valence-corrected chi connectivity index (χ0v) is 30.6. The Kier molecular flexibility index (Phi) is 13.9. The Morgan fingerprint density at radius 1 is 0.863 bits per heavy atom. The number of aliphatic hydroxyl groups is 2. The molecule has 4 N–H and O–H groups in total. The zero-order valence-electron chi connectivity index (χ0n) is 29.6. The molecule has 0 saturated heterocycles. The van der Waals surface area contributed by atoms with Gasteiger partial charge in [0, 0.05) is 41.0 Å². The third kappa shape index (κ3) is 10.2. The van der Waals surface area contributed by atoms with Crippen molar-refractivity contribution >= 4 is 23.6 Å². The first-order valence-electron chi connectivity index (χ1n) is 16.1. The van der Waals surface area contributed by atoms with E-state index in [0.29, 0.717) is 46.0 Å². The van der Waals surface area contributed by atoms with Crippen LogP contribution in [0.1, 0.15) is 55.9 Å². The van der Waals surface area contributed by atoms with E-state index >= 15 is 0 Å². The van der Waals surface area contributed by atoms with Gasteiger partial charge in [-0.3, -0.25) is 9.59 Å². The predicted octanol–water partition coefficient (Wildman–Crippen LogP) is 5.23. The van der Waals surface area contributed by atoms with Crippen LogP contribution in [0.15, 0.2) is 109 Å². The van der Waals surface area contributed by atoms with Crippen molar-refractivity contribution in [3.63, 3.8) is 0 Å². The van der Waals surface area contributed by atoms with Crippen LogP contribution < -0.4 is 39.6 Å². The van der Waals surface area contributed by atoms with E-state index in [9.17, 15) is 28.6 Å². The number of amides is 1.